The van der Waals surface area contributed by atoms with E-state index in [4.69, 9.17) is 26.2 Å². The van der Waals surface area contributed by atoms with Crippen molar-refractivity contribution < 1.29 is 16.8 Å². The van der Waals surface area contributed by atoms with Gasteiger partial charge in [-0.25, -0.2) is 15.0 Å². The van der Waals surface area contributed by atoms with E-state index in [2.05, 4.69) is 48.5 Å². The highest BCUT2D eigenvalue weighted by molar-refractivity contribution is 6.15. The molecule has 11 aromatic rings. The van der Waals surface area contributed by atoms with Crippen LogP contribution in [0.25, 0.3) is 112 Å². The Kier molecular flexibility index (Phi) is 6.99. The predicted octanol–water partition coefficient (Wildman–Crippen LogP) is 15.1. The Labute approximate surface area is 366 Å². The fourth-order valence-electron chi connectivity index (χ4n) is 7.74. The van der Waals surface area contributed by atoms with Crippen molar-refractivity contribution in [2.75, 3.05) is 0 Å². The van der Waals surface area contributed by atoms with Gasteiger partial charge in [0.1, 0.15) is 11.2 Å². The lowest BCUT2D eigenvalue weighted by Crippen LogP contribution is -2.00. The Hall–Kier alpha value is -8.21. The van der Waals surface area contributed by atoms with E-state index >= 15 is 0 Å². The molecular formula is C57H37N3O. The second-order valence-electron chi connectivity index (χ2n) is 14.5. The van der Waals surface area contributed by atoms with Crippen molar-refractivity contribution in [2.45, 2.75) is 0 Å². The van der Waals surface area contributed by atoms with E-state index in [1.165, 1.54) is 0 Å². The lowest BCUT2D eigenvalue weighted by molar-refractivity contribution is 0.670. The first-order valence-electron chi connectivity index (χ1n) is 24.3. The average Bonchev–Trinajstić information content (AvgIpc) is 3.80. The van der Waals surface area contributed by atoms with Gasteiger partial charge in [-0.05, 0) is 68.3 Å². The van der Waals surface area contributed by atoms with Crippen LogP contribution >= 0.6 is 0 Å². The minimum absolute atomic E-state index is 0.160. The molecule has 0 atom stereocenters. The van der Waals surface area contributed by atoms with Crippen molar-refractivity contribution in [2.24, 2.45) is 0 Å². The Morgan fingerprint density at radius 3 is 1.48 bits per heavy atom. The van der Waals surface area contributed by atoms with E-state index in [1.54, 1.807) is 0 Å². The summed E-state index contributed by atoms with van der Waals surface area (Å²) in [6, 6.07) is 50.4. The molecule has 61 heavy (non-hydrogen) atoms. The van der Waals surface area contributed by atoms with Crippen molar-refractivity contribution >= 4 is 21.9 Å². The fraction of sp³-hybridized carbons (Fsp3) is 0. The van der Waals surface area contributed by atoms with Crippen LogP contribution in [0.15, 0.2) is 229 Å². The second-order valence-corrected chi connectivity index (χ2v) is 14.5. The minimum Gasteiger partial charge on any atom is -0.455 e. The normalized spacial score (nSPS) is 13.3. The first-order chi connectivity index (χ1) is 34.0. The van der Waals surface area contributed by atoms with Crippen LogP contribution in [-0.4, -0.2) is 15.0 Å². The van der Waals surface area contributed by atoms with Gasteiger partial charge >= 0.3 is 0 Å². The van der Waals surface area contributed by atoms with Gasteiger partial charge in [0.2, 0.25) is 0 Å². The maximum atomic E-state index is 9.33. The van der Waals surface area contributed by atoms with Crippen molar-refractivity contribution in [1.29, 1.82) is 0 Å². The third-order valence-corrected chi connectivity index (χ3v) is 10.7. The summed E-state index contributed by atoms with van der Waals surface area (Å²) in [6.45, 7) is 0. The summed E-state index contributed by atoms with van der Waals surface area (Å²) in [6.07, 6.45) is 0. The highest BCUT2D eigenvalue weighted by atomic mass is 16.3. The molecule has 4 nitrogen and oxygen atoms in total. The maximum Gasteiger partial charge on any atom is 0.164 e. The number of furan rings is 1. The van der Waals surface area contributed by atoms with Crippen LogP contribution in [0.5, 0.6) is 0 Å². The average molecular weight is 789 g/mol. The van der Waals surface area contributed by atoms with E-state index in [-0.39, 0.29) is 23.0 Å². The van der Waals surface area contributed by atoms with Crippen LogP contribution in [0.1, 0.15) is 12.3 Å². The molecule has 0 spiro atoms. The molecule has 286 valence electrons. The van der Waals surface area contributed by atoms with Crippen LogP contribution in [-0.2, 0) is 0 Å². The van der Waals surface area contributed by atoms with Crippen LogP contribution in [0, 0.1) is 0 Å². The van der Waals surface area contributed by atoms with Gasteiger partial charge in [0.05, 0.1) is 12.3 Å². The Bertz CT molecular complexity index is 3820. The zero-order valence-electron chi connectivity index (χ0n) is 41.4. The molecule has 0 saturated carbocycles. The standard InChI is InChI=1S/C57H37N3O/c1-4-14-38(15-5-1)41-28-32-43(33-29-41)55-58-56(44-34-30-42(31-35-44)46-21-10-20-45(36-46)39-16-6-2-7-17-39)60-57(59-55)51-26-13-27-52-53(51)50-25-12-24-49(54(50)61-52)48-23-11-22-47(37-48)40-18-8-3-9-19-40/h1-37H/i1D,4D,5D,14D,15D,28D,29D,32D,33D. The number of benzene rings is 9. The highest BCUT2D eigenvalue weighted by Gasteiger charge is 2.20. The summed E-state index contributed by atoms with van der Waals surface area (Å²) in [5.41, 5.74) is 9.33. The number of hydrogen-bond donors (Lipinski definition) is 0. The molecule has 2 aromatic heterocycles. The van der Waals surface area contributed by atoms with Gasteiger partial charge < -0.3 is 4.42 Å². The quantitative estimate of drug-likeness (QED) is 0.154. The molecule has 0 amide bonds. The fourth-order valence-corrected chi connectivity index (χ4v) is 7.74. The summed E-state index contributed by atoms with van der Waals surface area (Å²) in [7, 11) is 0. The van der Waals surface area contributed by atoms with Gasteiger partial charge in [-0.3, -0.25) is 0 Å². The molecule has 0 radical (unpaired) electrons. The summed E-state index contributed by atoms with van der Waals surface area (Å²) in [4.78, 5) is 14.8. The van der Waals surface area contributed by atoms with Crippen LogP contribution < -0.4 is 0 Å². The van der Waals surface area contributed by atoms with Gasteiger partial charge in [-0.1, -0.05) is 206 Å². The molecule has 0 unspecified atom stereocenters. The lowest BCUT2D eigenvalue weighted by atomic mass is 9.97. The number of nitrogens with zero attached hydrogens (tertiary/aromatic N) is 3. The molecule has 0 saturated heterocycles. The van der Waals surface area contributed by atoms with E-state index in [1.807, 2.05) is 121 Å². The Morgan fingerprint density at radius 2 is 0.803 bits per heavy atom. The monoisotopic (exact) mass is 788 g/mol. The number of aromatic nitrogens is 3. The molecule has 0 fully saturated rings. The third kappa shape index (κ3) is 6.96. The van der Waals surface area contributed by atoms with Crippen molar-refractivity contribution in [3.63, 3.8) is 0 Å². The molecule has 9 aromatic carbocycles. The molecule has 4 heteroatoms. The first kappa shape index (κ1) is 27.5. The Balaban J connectivity index is 1.10. The van der Waals surface area contributed by atoms with Crippen molar-refractivity contribution in [3.8, 4) is 89.8 Å². The summed E-state index contributed by atoms with van der Waals surface area (Å²) >= 11 is 0. The maximum absolute atomic E-state index is 9.33. The smallest absolute Gasteiger partial charge is 0.164 e. The van der Waals surface area contributed by atoms with E-state index in [9.17, 15) is 5.48 Å². The summed E-state index contributed by atoms with van der Waals surface area (Å²) < 4.78 is 85.5. The highest BCUT2D eigenvalue weighted by Crippen LogP contribution is 2.41. The SMILES string of the molecule is [2H]c1c([2H])c([2H])c(-c2c([2H])c([2H])c(-c3nc(-c4ccc(-c5cccc(-c6ccccc6)c5)cc4)nc(-c4cccc5oc6c(-c7cccc(-c8ccccc8)c7)cccc6c45)n3)c([2H])c2[2H])c([2H])c1[2H]. The topological polar surface area (TPSA) is 51.8 Å². The van der Waals surface area contributed by atoms with Gasteiger partial charge in [0.15, 0.2) is 17.5 Å². The van der Waals surface area contributed by atoms with E-state index in [0.717, 1.165) is 49.9 Å². The largest absolute Gasteiger partial charge is 0.455 e. The summed E-state index contributed by atoms with van der Waals surface area (Å²) in [5, 5.41) is 1.51. The van der Waals surface area contributed by atoms with Crippen molar-refractivity contribution in [3.05, 3.63) is 224 Å². The number of hydrogen-bond acceptors (Lipinski definition) is 4. The first-order valence-corrected chi connectivity index (χ1v) is 19.8. The number of para-hydroxylation sites is 1. The molecule has 0 N–H and O–H groups in total. The van der Waals surface area contributed by atoms with E-state index in [0.29, 0.717) is 27.7 Å². The van der Waals surface area contributed by atoms with Crippen LogP contribution in [0.3, 0.4) is 0 Å². The van der Waals surface area contributed by atoms with Crippen molar-refractivity contribution in [1.82, 2.24) is 15.0 Å². The molecule has 0 aliphatic rings. The van der Waals surface area contributed by atoms with Crippen LogP contribution in [0.2, 0.25) is 0 Å². The lowest BCUT2D eigenvalue weighted by Gasteiger charge is -2.11. The minimum atomic E-state index is -0.660. The molecule has 0 bridgehead atoms. The molecular weight excluding hydrogens is 743 g/mol. The molecule has 0 aliphatic carbocycles. The molecule has 0 aliphatic heterocycles. The third-order valence-electron chi connectivity index (χ3n) is 10.7. The zero-order valence-corrected chi connectivity index (χ0v) is 32.4. The van der Waals surface area contributed by atoms with Gasteiger partial charge in [0, 0.05) is 33.0 Å². The zero-order chi connectivity index (χ0) is 48.4. The van der Waals surface area contributed by atoms with Gasteiger partial charge in [0.25, 0.3) is 0 Å². The van der Waals surface area contributed by atoms with Gasteiger partial charge in [-0.2, -0.15) is 0 Å². The molecule has 2 heterocycles. The number of fused-ring (bicyclic) bond motifs is 3. The molecule has 11 rings (SSSR count). The van der Waals surface area contributed by atoms with Crippen LogP contribution in [0.4, 0.5) is 0 Å². The van der Waals surface area contributed by atoms with E-state index < -0.39 is 65.5 Å². The summed E-state index contributed by atoms with van der Waals surface area (Å²) in [5.74, 6) is 0.211. The second kappa shape index (κ2) is 15.5. The Morgan fingerprint density at radius 1 is 0.328 bits per heavy atom. The predicted molar refractivity (Wildman–Crippen MR) is 251 cm³/mol. The van der Waals surface area contributed by atoms with Gasteiger partial charge in [-0.15, -0.1) is 0 Å². The number of rotatable bonds is 8.